The zero-order valence-corrected chi connectivity index (χ0v) is 21.8. The second kappa shape index (κ2) is 8.71. The maximum Gasteiger partial charge on any atom is 0.305 e. The summed E-state index contributed by atoms with van der Waals surface area (Å²) in [6.45, 7) is 12.6. The van der Waals surface area contributed by atoms with Gasteiger partial charge in [0.2, 0.25) is 5.78 Å². The lowest BCUT2D eigenvalue weighted by Gasteiger charge is -2.41. The van der Waals surface area contributed by atoms with Crippen molar-refractivity contribution in [2.24, 2.45) is 29.1 Å². The molecule has 3 fully saturated rings. The molecule has 4 aliphatic rings. The normalized spacial score (nSPS) is 43.1. The molecule has 8 heteroatoms. The number of carbonyl (C=O) groups excluding carboxylic acids is 4. The summed E-state index contributed by atoms with van der Waals surface area (Å²) >= 11 is 0. The highest BCUT2D eigenvalue weighted by molar-refractivity contribution is 6.03. The first kappa shape index (κ1) is 25.9. The standard InChI is InChI=1S/C27H38O8/c1-8-20(30)34-22-15(3)12-27(35-17(5)29)21(22)24(33-16(4)28)26(13-32-26)10-9-18-19(25(18,6)7)11-14(2)23(27)31/h11,15,18-19,21-22,24H,8-10,12-13H2,1-7H3/b14-11-. The fraction of sp³-hybridized carbons (Fsp3) is 0.778. The molecular weight excluding hydrogens is 452 g/mol. The second-order valence-corrected chi connectivity index (χ2v) is 11.6. The number of fused-ring (bicyclic) bond motifs is 2. The molecule has 0 aromatic heterocycles. The van der Waals surface area contributed by atoms with E-state index >= 15 is 0 Å². The first-order chi connectivity index (χ1) is 16.3. The molecule has 1 saturated heterocycles. The predicted molar refractivity (Wildman–Crippen MR) is 125 cm³/mol. The van der Waals surface area contributed by atoms with E-state index in [2.05, 4.69) is 13.8 Å². The topological polar surface area (TPSA) is 108 Å². The number of carbonyl (C=O) groups is 4. The molecule has 0 bridgehead atoms. The number of ketones is 1. The van der Waals surface area contributed by atoms with Crippen molar-refractivity contribution in [3.8, 4) is 0 Å². The van der Waals surface area contributed by atoms with Crippen LogP contribution in [-0.4, -0.2) is 53.7 Å². The van der Waals surface area contributed by atoms with Crippen LogP contribution in [0, 0.1) is 29.1 Å². The molecule has 8 unspecified atom stereocenters. The van der Waals surface area contributed by atoms with E-state index in [1.54, 1.807) is 13.8 Å². The number of Topliss-reactive ketones (excluding diaryl/α,β-unsaturated/α-hetero) is 1. The Balaban J connectivity index is 1.91. The fourth-order valence-corrected chi connectivity index (χ4v) is 6.83. The molecule has 0 radical (unpaired) electrons. The predicted octanol–water partition coefficient (Wildman–Crippen LogP) is 3.55. The van der Waals surface area contributed by atoms with Crippen molar-refractivity contribution in [1.82, 2.24) is 0 Å². The first-order valence-corrected chi connectivity index (χ1v) is 12.7. The summed E-state index contributed by atoms with van der Waals surface area (Å²) in [6.07, 6.45) is 2.11. The molecule has 0 aromatic carbocycles. The zero-order chi connectivity index (χ0) is 25.9. The van der Waals surface area contributed by atoms with Crippen LogP contribution in [0.4, 0.5) is 0 Å². The van der Waals surface area contributed by atoms with E-state index in [4.69, 9.17) is 18.9 Å². The molecule has 3 aliphatic carbocycles. The van der Waals surface area contributed by atoms with Crippen molar-refractivity contribution in [3.05, 3.63) is 11.6 Å². The summed E-state index contributed by atoms with van der Waals surface area (Å²) in [5.41, 5.74) is -1.91. The number of allylic oxidation sites excluding steroid dienone is 1. The van der Waals surface area contributed by atoms with Gasteiger partial charge in [0.25, 0.3) is 0 Å². The molecule has 1 aliphatic heterocycles. The van der Waals surface area contributed by atoms with E-state index in [0.717, 1.165) is 6.42 Å². The van der Waals surface area contributed by atoms with E-state index in [9.17, 15) is 19.2 Å². The highest BCUT2D eigenvalue weighted by Crippen LogP contribution is 2.64. The van der Waals surface area contributed by atoms with Gasteiger partial charge in [-0.05, 0) is 48.5 Å². The van der Waals surface area contributed by atoms with Crippen molar-refractivity contribution >= 4 is 23.7 Å². The van der Waals surface area contributed by atoms with Crippen molar-refractivity contribution in [3.63, 3.8) is 0 Å². The smallest absolute Gasteiger partial charge is 0.305 e. The summed E-state index contributed by atoms with van der Waals surface area (Å²) in [6, 6.07) is 0. The molecule has 0 amide bonds. The lowest BCUT2D eigenvalue weighted by atomic mass is 9.74. The zero-order valence-electron chi connectivity index (χ0n) is 21.8. The Hall–Kier alpha value is -2.22. The van der Waals surface area contributed by atoms with E-state index in [-0.39, 0.29) is 35.9 Å². The fourth-order valence-electron chi connectivity index (χ4n) is 6.83. The van der Waals surface area contributed by atoms with Crippen molar-refractivity contribution in [2.75, 3.05) is 6.61 Å². The number of hydrogen-bond acceptors (Lipinski definition) is 8. The van der Waals surface area contributed by atoms with Gasteiger partial charge in [-0.25, -0.2) is 0 Å². The lowest BCUT2D eigenvalue weighted by molar-refractivity contribution is -0.190. The summed E-state index contributed by atoms with van der Waals surface area (Å²) in [7, 11) is 0. The van der Waals surface area contributed by atoms with Crippen LogP contribution < -0.4 is 0 Å². The Morgan fingerprint density at radius 2 is 1.80 bits per heavy atom. The van der Waals surface area contributed by atoms with Crippen molar-refractivity contribution in [2.45, 2.75) is 97.6 Å². The van der Waals surface area contributed by atoms with Gasteiger partial charge >= 0.3 is 17.9 Å². The van der Waals surface area contributed by atoms with Crippen LogP contribution in [0.25, 0.3) is 0 Å². The maximum absolute atomic E-state index is 14.2. The lowest BCUT2D eigenvalue weighted by Crippen LogP contribution is -2.58. The molecule has 2 saturated carbocycles. The molecule has 35 heavy (non-hydrogen) atoms. The van der Waals surface area contributed by atoms with Crippen molar-refractivity contribution in [1.29, 1.82) is 0 Å². The van der Waals surface area contributed by atoms with Gasteiger partial charge in [0.05, 0.1) is 12.5 Å². The quantitative estimate of drug-likeness (QED) is 0.334. The molecule has 0 N–H and O–H groups in total. The van der Waals surface area contributed by atoms with Gasteiger partial charge in [-0.15, -0.1) is 0 Å². The average Bonchev–Trinajstić information content (AvgIpc) is 3.62. The van der Waals surface area contributed by atoms with E-state index in [0.29, 0.717) is 24.5 Å². The van der Waals surface area contributed by atoms with Crippen LogP contribution in [0.2, 0.25) is 0 Å². The Labute approximate surface area is 207 Å². The summed E-state index contributed by atoms with van der Waals surface area (Å²) in [5.74, 6) is -2.51. The minimum Gasteiger partial charge on any atom is -0.461 e. The Morgan fingerprint density at radius 3 is 2.34 bits per heavy atom. The van der Waals surface area contributed by atoms with Gasteiger partial charge in [-0.2, -0.15) is 0 Å². The molecular formula is C27H38O8. The number of hydrogen-bond donors (Lipinski definition) is 0. The Kier molecular flexibility index (Phi) is 6.44. The van der Waals surface area contributed by atoms with Crippen LogP contribution in [0.1, 0.15) is 74.1 Å². The van der Waals surface area contributed by atoms with Gasteiger partial charge in [0.15, 0.2) is 5.60 Å². The van der Waals surface area contributed by atoms with Crippen LogP contribution in [0.15, 0.2) is 11.6 Å². The van der Waals surface area contributed by atoms with E-state index in [1.165, 1.54) is 13.8 Å². The van der Waals surface area contributed by atoms with Crippen LogP contribution in [0.5, 0.6) is 0 Å². The number of epoxide rings is 1. The number of ether oxygens (including phenoxy) is 4. The molecule has 8 nitrogen and oxygen atoms in total. The SMILES string of the molecule is CCC(=O)OC1C(C)CC2(OC(C)=O)C(=O)/C(C)=C\C3C(CCC4(CO4)C(OC(C)=O)C12)C3(C)C. The maximum atomic E-state index is 14.2. The average molecular weight is 491 g/mol. The van der Waals surface area contributed by atoms with E-state index < -0.39 is 47.2 Å². The van der Waals surface area contributed by atoms with Gasteiger partial charge < -0.3 is 18.9 Å². The van der Waals surface area contributed by atoms with Gasteiger partial charge in [0, 0.05) is 26.7 Å². The Bertz CT molecular complexity index is 960. The summed E-state index contributed by atoms with van der Waals surface area (Å²) in [5, 5.41) is 0. The highest BCUT2D eigenvalue weighted by atomic mass is 16.6. The second-order valence-electron chi connectivity index (χ2n) is 11.6. The number of esters is 3. The highest BCUT2D eigenvalue weighted by Gasteiger charge is 2.71. The molecule has 1 heterocycles. The Morgan fingerprint density at radius 1 is 1.14 bits per heavy atom. The molecule has 1 spiro atoms. The van der Waals surface area contributed by atoms with Crippen LogP contribution in [-0.2, 0) is 38.1 Å². The van der Waals surface area contributed by atoms with Crippen molar-refractivity contribution < 1.29 is 38.1 Å². The molecule has 194 valence electrons. The first-order valence-electron chi connectivity index (χ1n) is 12.7. The van der Waals surface area contributed by atoms with Crippen LogP contribution >= 0.6 is 0 Å². The van der Waals surface area contributed by atoms with E-state index in [1.807, 2.05) is 13.0 Å². The number of rotatable bonds is 4. The summed E-state index contributed by atoms with van der Waals surface area (Å²) < 4.78 is 23.7. The van der Waals surface area contributed by atoms with Gasteiger partial charge in [0.1, 0.15) is 17.8 Å². The minimum absolute atomic E-state index is 0.0317. The molecule has 0 aromatic rings. The third-order valence-corrected chi connectivity index (χ3v) is 8.80. The third-order valence-electron chi connectivity index (χ3n) is 8.80. The minimum atomic E-state index is -1.64. The third kappa shape index (κ3) is 4.32. The molecule has 4 rings (SSSR count). The van der Waals surface area contributed by atoms with Crippen LogP contribution in [0.3, 0.4) is 0 Å². The monoisotopic (exact) mass is 490 g/mol. The largest absolute Gasteiger partial charge is 0.461 e. The van der Waals surface area contributed by atoms with Gasteiger partial charge in [-0.1, -0.05) is 33.8 Å². The van der Waals surface area contributed by atoms with Gasteiger partial charge in [-0.3, -0.25) is 19.2 Å². The molecule has 8 atom stereocenters. The summed E-state index contributed by atoms with van der Waals surface area (Å²) in [4.78, 5) is 51.5.